The third-order valence-corrected chi connectivity index (χ3v) is 8.33. The van der Waals surface area contributed by atoms with Gasteiger partial charge in [-0.15, -0.1) is 11.3 Å². The van der Waals surface area contributed by atoms with Gasteiger partial charge in [-0.05, 0) is 49.2 Å². The van der Waals surface area contributed by atoms with Gasteiger partial charge in [-0.25, -0.2) is 8.42 Å². The summed E-state index contributed by atoms with van der Waals surface area (Å²) in [6.07, 6.45) is -5.05. The number of fused-ring (bicyclic) bond motifs is 1. The van der Waals surface area contributed by atoms with Crippen LogP contribution in [0, 0.1) is 12.8 Å². The first kappa shape index (κ1) is 25.9. The van der Waals surface area contributed by atoms with Crippen molar-refractivity contribution in [3.8, 4) is 0 Å². The SMILES string of the molecule is CCN(CCS(=O)(=O)N(CCCCC(F)(F)F)c1sc2ccccc2c1C)CC(C)C. The lowest BCUT2D eigenvalue weighted by molar-refractivity contribution is -0.135. The molecule has 0 amide bonds. The number of anilines is 1. The summed E-state index contributed by atoms with van der Waals surface area (Å²) in [5.74, 6) is 0.367. The van der Waals surface area contributed by atoms with Gasteiger partial charge in [0.1, 0.15) is 5.00 Å². The number of nitrogens with zero attached hydrogens (tertiary/aromatic N) is 2. The third kappa shape index (κ3) is 7.64. The maximum atomic E-state index is 13.3. The van der Waals surface area contributed by atoms with Gasteiger partial charge in [0.25, 0.3) is 0 Å². The summed E-state index contributed by atoms with van der Waals surface area (Å²) in [5, 5.41) is 1.59. The molecule has 0 aliphatic heterocycles. The first-order chi connectivity index (χ1) is 14.4. The topological polar surface area (TPSA) is 40.6 Å². The summed E-state index contributed by atoms with van der Waals surface area (Å²) < 4.78 is 66.7. The van der Waals surface area contributed by atoms with Gasteiger partial charge < -0.3 is 4.90 Å². The van der Waals surface area contributed by atoms with Crippen molar-refractivity contribution in [2.45, 2.75) is 53.1 Å². The van der Waals surface area contributed by atoms with E-state index in [1.54, 1.807) is 0 Å². The van der Waals surface area contributed by atoms with Crippen molar-refractivity contribution in [3.63, 3.8) is 0 Å². The molecule has 4 nitrogen and oxygen atoms in total. The zero-order valence-electron chi connectivity index (χ0n) is 18.7. The van der Waals surface area contributed by atoms with Crippen LogP contribution in [0.3, 0.4) is 0 Å². The molecular formula is C22H33F3N2O2S2. The Bertz CT molecular complexity index is 940. The van der Waals surface area contributed by atoms with Crippen molar-refractivity contribution >= 4 is 36.4 Å². The summed E-state index contributed by atoms with van der Waals surface area (Å²) in [5.41, 5.74) is 0.856. The van der Waals surface area contributed by atoms with E-state index in [0.717, 1.165) is 28.7 Å². The second-order valence-electron chi connectivity index (χ2n) is 8.28. The molecule has 1 aromatic carbocycles. The Hall–Kier alpha value is -1.32. The summed E-state index contributed by atoms with van der Waals surface area (Å²) in [6.45, 7) is 10.1. The highest BCUT2D eigenvalue weighted by Crippen LogP contribution is 2.39. The summed E-state index contributed by atoms with van der Waals surface area (Å²) in [4.78, 5) is 2.10. The highest BCUT2D eigenvalue weighted by molar-refractivity contribution is 7.93. The van der Waals surface area contributed by atoms with Crippen molar-refractivity contribution in [2.75, 3.05) is 36.2 Å². The molecule has 0 aliphatic rings. The van der Waals surface area contributed by atoms with Gasteiger partial charge in [0.15, 0.2) is 0 Å². The minimum atomic E-state index is -4.23. The van der Waals surface area contributed by atoms with Gasteiger partial charge in [0.2, 0.25) is 10.0 Å². The Morgan fingerprint density at radius 1 is 1.10 bits per heavy atom. The number of halogens is 3. The lowest BCUT2D eigenvalue weighted by Gasteiger charge is -2.27. The van der Waals surface area contributed by atoms with Crippen LogP contribution in [0.15, 0.2) is 24.3 Å². The van der Waals surface area contributed by atoms with E-state index in [1.807, 2.05) is 38.1 Å². The standard InChI is InChI=1S/C22H33F3N2O2S2/c1-5-26(16-17(2)3)14-15-31(28,29)27(13-9-8-12-22(23,24)25)21-18(4)19-10-6-7-11-20(19)30-21/h6-7,10-11,17H,5,8-9,12-16H2,1-4H3. The Balaban J connectivity index is 2.26. The van der Waals surface area contributed by atoms with Crippen molar-refractivity contribution < 1.29 is 21.6 Å². The second-order valence-corrected chi connectivity index (χ2v) is 11.3. The van der Waals surface area contributed by atoms with Crippen LogP contribution < -0.4 is 4.31 Å². The molecular weight excluding hydrogens is 445 g/mol. The molecule has 0 unspecified atom stereocenters. The van der Waals surface area contributed by atoms with Crippen LogP contribution in [0.5, 0.6) is 0 Å². The zero-order chi connectivity index (χ0) is 23.2. The first-order valence-electron chi connectivity index (χ1n) is 10.7. The van der Waals surface area contributed by atoms with Gasteiger partial charge in [-0.2, -0.15) is 13.2 Å². The fourth-order valence-corrected chi connectivity index (χ4v) is 6.70. The van der Waals surface area contributed by atoms with Crippen molar-refractivity contribution in [2.24, 2.45) is 5.92 Å². The quantitative estimate of drug-likeness (QED) is 0.348. The van der Waals surface area contributed by atoms with E-state index < -0.39 is 22.6 Å². The highest BCUT2D eigenvalue weighted by atomic mass is 32.2. The van der Waals surface area contributed by atoms with Gasteiger partial charge in [0, 0.05) is 30.8 Å². The molecule has 2 aromatic rings. The first-order valence-corrected chi connectivity index (χ1v) is 13.1. The maximum absolute atomic E-state index is 13.3. The molecule has 9 heteroatoms. The van der Waals surface area contributed by atoms with Gasteiger partial charge in [0.05, 0.1) is 5.75 Å². The lowest BCUT2D eigenvalue weighted by Crippen LogP contribution is -2.39. The summed E-state index contributed by atoms with van der Waals surface area (Å²) in [7, 11) is -3.68. The fourth-order valence-electron chi connectivity index (χ4n) is 3.60. The number of aryl methyl sites for hydroxylation is 1. The molecule has 176 valence electrons. The predicted octanol–water partition coefficient (Wildman–Crippen LogP) is 6.06. The number of hydrogen-bond acceptors (Lipinski definition) is 4. The van der Waals surface area contributed by atoms with Crippen LogP contribution in [-0.4, -0.2) is 51.4 Å². The average molecular weight is 479 g/mol. The van der Waals surface area contributed by atoms with Crippen LogP contribution >= 0.6 is 11.3 Å². The van der Waals surface area contributed by atoms with Gasteiger partial charge in [-0.3, -0.25) is 4.31 Å². The molecule has 0 saturated carbocycles. The molecule has 1 heterocycles. The van der Waals surface area contributed by atoms with E-state index in [1.165, 1.54) is 15.6 Å². The Morgan fingerprint density at radius 2 is 1.77 bits per heavy atom. The van der Waals surface area contributed by atoms with Crippen LogP contribution in [-0.2, 0) is 10.0 Å². The Kier molecular flexibility index (Phi) is 9.21. The summed E-state index contributed by atoms with van der Waals surface area (Å²) in [6, 6.07) is 7.68. The van der Waals surface area contributed by atoms with Crippen molar-refractivity contribution in [1.82, 2.24) is 4.90 Å². The van der Waals surface area contributed by atoms with E-state index in [2.05, 4.69) is 18.7 Å². The van der Waals surface area contributed by atoms with Gasteiger partial charge in [-0.1, -0.05) is 39.0 Å². The molecule has 0 N–H and O–H groups in total. The number of thiophene rings is 1. The molecule has 0 bridgehead atoms. The number of rotatable bonds is 12. The van der Waals surface area contributed by atoms with Crippen LogP contribution in [0.2, 0.25) is 0 Å². The number of hydrogen-bond donors (Lipinski definition) is 0. The molecule has 0 radical (unpaired) electrons. The molecule has 0 fully saturated rings. The highest BCUT2D eigenvalue weighted by Gasteiger charge is 2.29. The van der Waals surface area contributed by atoms with E-state index in [-0.39, 0.29) is 25.1 Å². The lowest BCUT2D eigenvalue weighted by atomic mass is 10.2. The van der Waals surface area contributed by atoms with Crippen molar-refractivity contribution in [3.05, 3.63) is 29.8 Å². The third-order valence-electron chi connectivity index (χ3n) is 5.19. The van der Waals surface area contributed by atoms with E-state index in [9.17, 15) is 21.6 Å². The van der Waals surface area contributed by atoms with Crippen LogP contribution in [0.25, 0.3) is 10.1 Å². The Labute approximate surface area is 188 Å². The minimum Gasteiger partial charge on any atom is -0.302 e. The van der Waals surface area contributed by atoms with E-state index in [4.69, 9.17) is 0 Å². The van der Waals surface area contributed by atoms with E-state index >= 15 is 0 Å². The predicted molar refractivity (Wildman–Crippen MR) is 125 cm³/mol. The molecule has 31 heavy (non-hydrogen) atoms. The fraction of sp³-hybridized carbons (Fsp3) is 0.636. The van der Waals surface area contributed by atoms with Crippen LogP contribution in [0.1, 0.15) is 45.6 Å². The minimum absolute atomic E-state index is 0.0550. The molecule has 0 saturated heterocycles. The largest absolute Gasteiger partial charge is 0.389 e. The maximum Gasteiger partial charge on any atom is 0.389 e. The number of benzene rings is 1. The number of sulfonamides is 1. The van der Waals surface area contributed by atoms with E-state index in [0.29, 0.717) is 17.5 Å². The zero-order valence-corrected chi connectivity index (χ0v) is 20.3. The normalized spacial score (nSPS) is 12.9. The molecule has 0 aliphatic carbocycles. The second kappa shape index (κ2) is 11.0. The van der Waals surface area contributed by atoms with Crippen molar-refractivity contribution in [1.29, 1.82) is 0 Å². The number of alkyl halides is 3. The smallest absolute Gasteiger partial charge is 0.302 e. The molecule has 1 aromatic heterocycles. The molecule has 0 atom stereocenters. The summed E-state index contributed by atoms with van der Waals surface area (Å²) >= 11 is 1.38. The van der Waals surface area contributed by atoms with Crippen LogP contribution in [0.4, 0.5) is 18.2 Å². The Morgan fingerprint density at radius 3 is 2.35 bits per heavy atom. The molecule has 0 spiro atoms. The molecule has 2 rings (SSSR count). The average Bonchev–Trinajstić information content (AvgIpc) is 3.00. The van der Waals surface area contributed by atoms with Gasteiger partial charge >= 0.3 is 6.18 Å². The number of unbranched alkanes of at least 4 members (excludes halogenated alkanes) is 1. The monoisotopic (exact) mass is 478 g/mol.